The number of ketones is 3. The summed E-state index contributed by atoms with van der Waals surface area (Å²) in [5.74, 6) is -1.85. The largest absolute Gasteiger partial charge is 0.479 e. The first-order chi connectivity index (χ1) is 31.5. The minimum Gasteiger partial charge on any atom is -0.479 e. The molecular formula is C50H72N4O12S. The van der Waals surface area contributed by atoms with Gasteiger partial charge < -0.3 is 39.4 Å². The quantitative estimate of drug-likeness (QED) is 0.103. The fourth-order valence-electron chi connectivity index (χ4n) is 14.4. The third-order valence-corrected chi connectivity index (χ3v) is 18.6. The normalized spacial score (nSPS) is 48.0. The van der Waals surface area contributed by atoms with Crippen molar-refractivity contribution in [3.63, 3.8) is 0 Å². The summed E-state index contributed by atoms with van der Waals surface area (Å²) in [7, 11) is 4.91. The highest BCUT2D eigenvalue weighted by Gasteiger charge is 2.66. The number of ether oxygens (including phenoxy) is 4. The minimum absolute atomic E-state index is 0.00244. The van der Waals surface area contributed by atoms with E-state index in [2.05, 4.69) is 24.6 Å². The maximum absolute atomic E-state index is 12.7. The highest BCUT2D eigenvalue weighted by Crippen LogP contribution is 2.55. The van der Waals surface area contributed by atoms with Gasteiger partial charge in [0, 0.05) is 67.8 Å². The van der Waals surface area contributed by atoms with E-state index in [0.29, 0.717) is 38.5 Å². The number of nitrogens with zero attached hydrogens (tertiary/aromatic N) is 2. The molecular weight excluding hydrogens is 881 g/mol. The number of likely N-dealkylation sites (N-methyl/N-ethyl adjacent to an activating group) is 1. The van der Waals surface area contributed by atoms with Crippen molar-refractivity contribution < 1.29 is 58.6 Å². The van der Waals surface area contributed by atoms with Crippen molar-refractivity contribution in [1.82, 2.24) is 9.80 Å². The monoisotopic (exact) mass is 952 g/mol. The zero-order valence-electron chi connectivity index (χ0n) is 39.8. The van der Waals surface area contributed by atoms with Crippen LogP contribution in [0.3, 0.4) is 0 Å². The number of carbonyl (C=O) groups is 4. The number of esters is 1. The predicted octanol–water partition coefficient (Wildman–Crippen LogP) is 2.73. The zero-order chi connectivity index (χ0) is 48.9. The van der Waals surface area contributed by atoms with E-state index in [-0.39, 0.29) is 112 Å². The number of likely N-dealkylation sites (tertiary alicyclic amines) is 1. The summed E-state index contributed by atoms with van der Waals surface area (Å²) in [5.41, 5.74) is 5.44. The molecule has 0 aromatic carbocycles. The van der Waals surface area contributed by atoms with Crippen LogP contribution in [0.25, 0.3) is 0 Å². The molecule has 16 nitrogen and oxygen atoms in total. The average molecular weight is 953 g/mol. The minimum atomic E-state index is -1.71. The van der Waals surface area contributed by atoms with Crippen LogP contribution < -0.4 is 5.73 Å². The number of fused-ring (bicyclic) bond motifs is 9. The Hall–Kier alpha value is -3.26. The summed E-state index contributed by atoms with van der Waals surface area (Å²) in [6.07, 6.45) is 3.03. The van der Waals surface area contributed by atoms with Crippen molar-refractivity contribution in [2.24, 2.45) is 76.7 Å². The summed E-state index contributed by atoms with van der Waals surface area (Å²) >= 11 is 5.11. The molecule has 10 aliphatic rings. The van der Waals surface area contributed by atoms with Gasteiger partial charge in [0.25, 0.3) is 0 Å². The van der Waals surface area contributed by atoms with Crippen LogP contribution in [0.15, 0.2) is 36.5 Å². The van der Waals surface area contributed by atoms with Gasteiger partial charge in [-0.15, -0.1) is 0 Å². The van der Waals surface area contributed by atoms with Crippen molar-refractivity contribution in [3.8, 4) is 0 Å². The molecule has 10 fully saturated rings. The van der Waals surface area contributed by atoms with E-state index in [1.807, 2.05) is 20.8 Å². The second-order valence-corrected chi connectivity index (χ2v) is 22.1. The molecule has 21 unspecified atom stereocenters. The van der Waals surface area contributed by atoms with Crippen LogP contribution >= 0.6 is 12.2 Å². The molecule has 7 N–H and O–H groups in total. The zero-order valence-corrected chi connectivity index (χ0v) is 40.6. The van der Waals surface area contributed by atoms with Crippen molar-refractivity contribution >= 4 is 46.5 Å². The summed E-state index contributed by atoms with van der Waals surface area (Å²) in [5, 5.41) is 51.1. The van der Waals surface area contributed by atoms with Crippen LogP contribution in [-0.4, -0.2) is 153 Å². The lowest BCUT2D eigenvalue weighted by Gasteiger charge is -2.37. The SMILES string of the molecule is C=C1CC(O)C2C(OC(=N)C2(O)N(C)C)C2C(C)C(=O)CC12.C=C1CC(O)C2C(OC(=O)C2N2CCCCC2)C2C(C)C(=O)CC12.C=C1CC(OC)C2C(OC(=S)C2(N)O)C2C(C)C(=O)CC12. The maximum atomic E-state index is 12.7. The lowest BCUT2D eigenvalue weighted by molar-refractivity contribution is -0.148. The molecule has 0 radical (unpaired) electrons. The second kappa shape index (κ2) is 18.5. The molecule has 0 spiro atoms. The van der Waals surface area contributed by atoms with Gasteiger partial charge in [0.15, 0.2) is 5.72 Å². The summed E-state index contributed by atoms with van der Waals surface area (Å²) in [6, 6.07) is -0.361. The molecule has 4 heterocycles. The molecule has 0 bridgehead atoms. The number of aliphatic hydroxyl groups is 4. The Morgan fingerprint density at radius 2 is 1.16 bits per heavy atom. The van der Waals surface area contributed by atoms with Crippen LogP contribution in [0, 0.1) is 76.4 Å². The summed E-state index contributed by atoms with van der Waals surface area (Å²) in [4.78, 5) is 52.9. The van der Waals surface area contributed by atoms with Gasteiger partial charge in [0.05, 0.1) is 30.1 Å². The smallest absolute Gasteiger partial charge is 0.324 e. The molecule has 6 aliphatic carbocycles. The van der Waals surface area contributed by atoms with Gasteiger partial charge in [0.2, 0.25) is 16.7 Å². The van der Waals surface area contributed by atoms with E-state index in [1.165, 1.54) is 11.3 Å². The first-order valence-corrected chi connectivity index (χ1v) is 24.7. The van der Waals surface area contributed by atoms with E-state index >= 15 is 0 Å². The van der Waals surface area contributed by atoms with Crippen LogP contribution in [0.1, 0.15) is 78.6 Å². The fourth-order valence-corrected chi connectivity index (χ4v) is 14.7. The van der Waals surface area contributed by atoms with E-state index in [4.69, 9.17) is 42.3 Å². The number of thiocarbonyl (C=S) groups is 1. The van der Waals surface area contributed by atoms with Gasteiger partial charge >= 0.3 is 5.97 Å². The Bertz CT molecular complexity index is 2090. The van der Waals surface area contributed by atoms with Gasteiger partial charge in [0.1, 0.15) is 41.7 Å². The molecule has 21 atom stereocenters. The first-order valence-electron chi connectivity index (χ1n) is 24.3. The van der Waals surface area contributed by atoms with Gasteiger partial charge in [-0.25, -0.2) is 0 Å². The van der Waals surface area contributed by atoms with Gasteiger partial charge in [-0.1, -0.05) is 63.6 Å². The molecule has 4 saturated heterocycles. The van der Waals surface area contributed by atoms with E-state index in [1.54, 1.807) is 21.2 Å². The fraction of sp³-hybridized carbons (Fsp3) is 0.760. The Kier molecular flexibility index (Phi) is 13.8. The summed E-state index contributed by atoms with van der Waals surface area (Å²) in [6.45, 7) is 19.8. The molecule has 370 valence electrons. The second-order valence-electron chi connectivity index (χ2n) is 21.7. The number of Topliss-reactive ketones (excluding diaryl/α,β-unsaturated/α-hetero) is 3. The number of hydrogen-bond donors (Lipinski definition) is 6. The number of hydrogen-bond acceptors (Lipinski definition) is 17. The highest BCUT2D eigenvalue weighted by atomic mass is 32.1. The molecule has 6 saturated carbocycles. The van der Waals surface area contributed by atoms with Crippen LogP contribution in [-0.2, 0) is 38.1 Å². The number of nitrogens with one attached hydrogen (secondary N) is 1. The standard InChI is InChI=1S/C19H27NO4.C16H24N2O4.C15H21NO4S/c1-10-8-14(22)16-17(20-6-4-3-5-7-20)19(23)24-18(16)15-11(2)13(21)9-12(10)15;1-7-5-11(20)13-14(12-8(2)10(19)6-9(7)12)22-15(17)16(13,21)18(3)4;1-6-4-10(19-3)12-13(20-14(21)15(12,16)18)11-7(2)9(17)5-8(6)11/h11-12,14-18,22H,1,3-9H2,2H3;8-9,11-14,17,20-21H,1,5-6H2,2-4H3;7-8,10-13,18H,1,4-5,16H2,2-3H3. The number of carbonyl (C=O) groups excluding carboxylic acids is 4. The molecule has 17 heteroatoms. The Morgan fingerprint density at radius 3 is 1.66 bits per heavy atom. The lowest BCUT2D eigenvalue weighted by atomic mass is 9.77. The first kappa shape index (κ1) is 50.1. The predicted molar refractivity (Wildman–Crippen MR) is 249 cm³/mol. The van der Waals surface area contributed by atoms with E-state index in [9.17, 15) is 39.6 Å². The molecule has 0 amide bonds. The third kappa shape index (κ3) is 8.13. The lowest BCUT2D eigenvalue weighted by Crippen LogP contribution is -2.57. The Morgan fingerprint density at radius 1 is 0.701 bits per heavy atom. The van der Waals surface area contributed by atoms with Gasteiger partial charge in [-0.3, -0.25) is 40.1 Å². The highest BCUT2D eigenvalue weighted by molar-refractivity contribution is 7.80. The number of aliphatic hydroxyl groups excluding tert-OH is 2. The molecule has 4 aliphatic heterocycles. The number of piperidine rings is 1. The van der Waals surface area contributed by atoms with Crippen LogP contribution in [0.4, 0.5) is 0 Å². The Labute approximate surface area is 399 Å². The van der Waals surface area contributed by atoms with Crippen LogP contribution in [0.2, 0.25) is 0 Å². The third-order valence-electron chi connectivity index (χ3n) is 18.1. The van der Waals surface area contributed by atoms with Gasteiger partial charge in [-0.05, 0) is 89.3 Å². The van der Waals surface area contributed by atoms with Crippen molar-refractivity contribution in [2.75, 3.05) is 34.3 Å². The number of methoxy groups -OCH3 is 1. The maximum Gasteiger partial charge on any atom is 0.324 e. The van der Waals surface area contributed by atoms with Crippen molar-refractivity contribution in [2.45, 2.75) is 133 Å². The average Bonchev–Trinajstić information content (AvgIpc) is 4.03. The topological polar surface area (TPSA) is 242 Å². The molecule has 0 aromatic rings. The number of rotatable bonds is 3. The van der Waals surface area contributed by atoms with Crippen LogP contribution in [0.5, 0.6) is 0 Å². The molecule has 10 rings (SSSR count). The molecule has 0 aromatic heterocycles. The van der Waals surface area contributed by atoms with Crippen molar-refractivity contribution in [3.05, 3.63) is 36.5 Å². The molecule has 67 heavy (non-hydrogen) atoms. The van der Waals surface area contributed by atoms with Gasteiger partial charge in [-0.2, -0.15) is 0 Å². The van der Waals surface area contributed by atoms with E-state index < -0.39 is 47.7 Å². The van der Waals surface area contributed by atoms with Crippen molar-refractivity contribution in [1.29, 1.82) is 5.41 Å². The van der Waals surface area contributed by atoms with E-state index in [0.717, 1.165) is 42.7 Å². The Balaban J connectivity index is 0.000000137. The summed E-state index contributed by atoms with van der Waals surface area (Å²) < 4.78 is 22.8. The number of nitrogens with two attached hydrogens (primary N) is 1.